The van der Waals surface area contributed by atoms with Crippen molar-refractivity contribution in [2.24, 2.45) is 0 Å². The second-order valence-corrected chi connectivity index (χ2v) is 7.00. The highest BCUT2D eigenvalue weighted by atomic mass is 16.3. The van der Waals surface area contributed by atoms with Crippen LogP contribution >= 0.6 is 0 Å². The molecule has 0 saturated carbocycles. The van der Waals surface area contributed by atoms with Crippen LogP contribution in [-0.2, 0) is 13.0 Å². The number of anilines is 1. The van der Waals surface area contributed by atoms with E-state index in [1.54, 1.807) is 0 Å². The minimum Gasteiger partial charge on any atom is -0.394 e. The van der Waals surface area contributed by atoms with Crippen molar-refractivity contribution in [2.75, 3.05) is 31.6 Å². The standard InChI is InChI=1S/C20H30N4O/c1-16-17(2)22-24(14-15-25)20(16)21-19-9-12-23(13-10-19)11-8-18-6-4-3-5-7-18/h3-7,19,21,25H,8-15H2,1-2H3. The van der Waals surface area contributed by atoms with Gasteiger partial charge in [0.15, 0.2) is 0 Å². The summed E-state index contributed by atoms with van der Waals surface area (Å²) in [6.07, 6.45) is 3.43. The van der Waals surface area contributed by atoms with E-state index in [0.717, 1.165) is 50.4 Å². The van der Waals surface area contributed by atoms with Crippen molar-refractivity contribution in [3.63, 3.8) is 0 Å². The van der Waals surface area contributed by atoms with Gasteiger partial charge in [-0.05, 0) is 38.7 Å². The van der Waals surface area contributed by atoms with Crippen LogP contribution in [0.2, 0.25) is 0 Å². The molecule has 2 N–H and O–H groups in total. The molecular formula is C20H30N4O. The van der Waals surface area contributed by atoms with Crippen LogP contribution in [0, 0.1) is 13.8 Å². The molecular weight excluding hydrogens is 312 g/mol. The van der Waals surface area contributed by atoms with Crippen molar-refractivity contribution in [1.82, 2.24) is 14.7 Å². The summed E-state index contributed by atoms with van der Waals surface area (Å²) in [7, 11) is 0. The van der Waals surface area contributed by atoms with Gasteiger partial charge in [0.2, 0.25) is 0 Å². The van der Waals surface area contributed by atoms with E-state index < -0.39 is 0 Å². The van der Waals surface area contributed by atoms with Crippen molar-refractivity contribution in [3.05, 3.63) is 47.2 Å². The zero-order valence-corrected chi connectivity index (χ0v) is 15.4. The molecule has 0 amide bonds. The predicted molar refractivity (Wildman–Crippen MR) is 102 cm³/mol. The van der Waals surface area contributed by atoms with Gasteiger partial charge < -0.3 is 15.3 Å². The third-order valence-corrected chi connectivity index (χ3v) is 5.23. The maximum Gasteiger partial charge on any atom is 0.127 e. The van der Waals surface area contributed by atoms with Crippen LogP contribution < -0.4 is 5.32 Å². The van der Waals surface area contributed by atoms with Crippen molar-refractivity contribution >= 4 is 5.82 Å². The SMILES string of the molecule is Cc1nn(CCO)c(NC2CCN(CCc3ccccc3)CC2)c1C. The molecule has 1 fully saturated rings. The number of hydrogen-bond acceptors (Lipinski definition) is 4. The van der Waals surface area contributed by atoms with E-state index >= 15 is 0 Å². The lowest BCUT2D eigenvalue weighted by Gasteiger charge is -2.33. The average molecular weight is 342 g/mol. The van der Waals surface area contributed by atoms with Crippen molar-refractivity contribution in [1.29, 1.82) is 0 Å². The van der Waals surface area contributed by atoms with Crippen LogP contribution in [0.4, 0.5) is 5.82 Å². The Balaban J connectivity index is 1.49. The fourth-order valence-electron chi connectivity index (χ4n) is 3.54. The highest BCUT2D eigenvalue weighted by molar-refractivity contribution is 5.47. The van der Waals surface area contributed by atoms with E-state index in [2.05, 4.69) is 52.6 Å². The maximum absolute atomic E-state index is 9.24. The smallest absolute Gasteiger partial charge is 0.127 e. The second-order valence-electron chi connectivity index (χ2n) is 7.00. The predicted octanol–water partition coefficient (Wildman–Crippen LogP) is 2.61. The Labute approximate surface area is 150 Å². The summed E-state index contributed by atoms with van der Waals surface area (Å²) < 4.78 is 1.91. The van der Waals surface area contributed by atoms with E-state index in [-0.39, 0.29) is 6.61 Å². The van der Waals surface area contributed by atoms with Crippen LogP contribution in [-0.4, -0.2) is 52.1 Å². The molecule has 5 nitrogen and oxygen atoms in total. The van der Waals surface area contributed by atoms with E-state index in [9.17, 15) is 5.11 Å². The maximum atomic E-state index is 9.24. The number of aliphatic hydroxyl groups is 1. The number of rotatable bonds is 7. The van der Waals surface area contributed by atoms with Crippen LogP contribution in [0.15, 0.2) is 30.3 Å². The van der Waals surface area contributed by atoms with Crippen LogP contribution in [0.25, 0.3) is 0 Å². The van der Waals surface area contributed by atoms with E-state index in [0.29, 0.717) is 12.6 Å². The molecule has 0 radical (unpaired) electrons. The largest absolute Gasteiger partial charge is 0.394 e. The molecule has 2 aromatic rings. The number of nitrogens with one attached hydrogen (secondary N) is 1. The van der Waals surface area contributed by atoms with E-state index in [1.807, 2.05) is 11.6 Å². The Morgan fingerprint density at radius 2 is 1.84 bits per heavy atom. The highest BCUT2D eigenvalue weighted by Crippen LogP contribution is 2.22. The molecule has 1 aromatic heterocycles. The van der Waals surface area contributed by atoms with Gasteiger partial charge >= 0.3 is 0 Å². The number of likely N-dealkylation sites (tertiary alicyclic amines) is 1. The summed E-state index contributed by atoms with van der Waals surface area (Å²) in [6, 6.07) is 11.2. The van der Waals surface area contributed by atoms with Gasteiger partial charge in [-0.2, -0.15) is 5.10 Å². The molecule has 0 aliphatic carbocycles. The summed E-state index contributed by atoms with van der Waals surface area (Å²) in [6.45, 7) is 8.21. The third kappa shape index (κ3) is 4.61. The third-order valence-electron chi connectivity index (χ3n) is 5.23. The van der Waals surface area contributed by atoms with E-state index in [1.165, 1.54) is 11.1 Å². The quantitative estimate of drug-likeness (QED) is 0.812. The average Bonchev–Trinajstić information content (AvgIpc) is 2.90. The molecule has 0 bridgehead atoms. The number of nitrogens with zero attached hydrogens (tertiary/aromatic N) is 3. The fourth-order valence-corrected chi connectivity index (χ4v) is 3.54. The van der Waals surface area contributed by atoms with Crippen LogP contribution in [0.1, 0.15) is 29.7 Å². The molecule has 1 saturated heterocycles. The molecule has 0 unspecified atom stereocenters. The summed E-state index contributed by atoms with van der Waals surface area (Å²) in [4.78, 5) is 2.56. The highest BCUT2D eigenvalue weighted by Gasteiger charge is 2.21. The normalized spacial score (nSPS) is 16.3. The number of piperidine rings is 1. The van der Waals surface area contributed by atoms with Gasteiger partial charge in [-0.25, -0.2) is 4.68 Å². The van der Waals surface area contributed by atoms with Gasteiger partial charge in [0.25, 0.3) is 0 Å². The molecule has 3 rings (SSSR count). The van der Waals surface area contributed by atoms with Gasteiger partial charge in [0.1, 0.15) is 5.82 Å². The molecule has 5 heteroatoms. The number of aryl methyl sites for hydroxylation is 1. The summed E-state index contributed by atoms with van der Waals surface area (Å²) in [5.41, 5.74) is 3.65. The monoisotopic (exact) mass is 342 g/mol. The summed E-state index contributed by atoms with van der Waals surface area (Å²) in [5, 5.41) is 17.5. The topological polar surface area (TPSA) is 53.3 Å². The summed E-state index contributed by atoms with van der Waals surface area (Å²) >= 11 is 0. The Morgan fingerprint density at radius 1 is 1.12 bits per heavy atom. The molecule has 2 heterocycles. The zero-order valence-electron chi connectivity index (χ0n) is 15.4. The first kappa shape index (κ1) is 18.0. The molecule has 1 aliphatic rings. The molecule has 1 aliphatic heterocycles. The lowest BCUT2D eigenvalue weighted by atomic mass is 10.0. The number of hydrogen-bond donors (Lipinski definition) is 2. The van der Waals surface area contributed by atoms with Gasteiger partial charge in [-0.15, -0.1) is 0 Å². The Hall–Kier alpha value is -1.85. The van der Waals surface area contributed by atoms with Gasteiger partial charge in [-0.3, -0.25) is 0 Å². The first-order valence-corrected chi connectivity index (χ1v) is 9.35. The number of aromatic nitrogens is 2. The molecule has 0 atom stereocenters. The van der Waals surface area contributed by atoms with Gasteiger partial charge in [0.05, 0.1) is 18.8 Å². The lowest BCUT2D eigenvalue weighted by Crippen LogP contribution is -2.40. The second kappa shape index (κ2) is 8.50. The number of benzene rings is 1. The Morgan fingerprint density at radius 3 is 2.52 bits per heavy atom. The Bertz CT molecular complexity index is 660. The fraction of sp³-hybridized carbons (Fsp3) is 0.550. The Kier molecular flexibility index (Phi) is 6.10. The first-order valence-electron chi connectivity index (χ1n) is 9.35. The molecule has 1 aromatic carbocycles. The van der Waals surface area contributed by atoms with Crippen molar-refractivity contribution in [3.8, 4) is 0 Å². The van der Waals surface area contributed by atoms with Crippen molar-refractivity contribution < 1.29 is 5.11 Å². The molecule has 0 spiro atoms. The van der Waals surface area contributed by atoms with Crippen LogP contribution in [0.5, 0.6) is 0 Å². The van der Waals surface area contributed by atoms with Gasteiger partial charge in [0, 0.05) is 31.2 Å². The zero-order chi connectivity index (χ0) is 17.6. The van der Waals surface area contributed by atoms with Crippen LogP contribution in [0.3, 0.4) is 0 Å². The molecule has 136 valence electrons. The van der Waals surface area contributed by atoms with Crippen molar-refractivity contribution in [2.45, 2.75) is 45.7 Å². The minimum absolute atomic E-state index is 0.118. The van der Waals surface area contributed by atoms with E-state index in [4.69, 9.17) is 0 Å². The molecule has 25 heavy (non-hydrogen) atoms. The number of aliphatic hydroxyl groups excluding tert-OH is 1. The first-order chi connectivity index (χ1) is 12.2. The van der Waals surface area contributed by atoms with Gasteiger partial charge in [-0.1, -0.05) is 30.3 Å². The summed E-state index contributed by atoms with van der Waals surface area (Å²) in [5.74, 6) is 1.08. The minimum atomic E-state index is 0.118. The lowest BCUT2D eigenvalue weighted by molar-refractivity contribution is 0.221.